The van der Waals surface area contributed by atoms with Crippen LogP contribution in [0.5, 0.6) is 0 Å². The third-order valence-corrected chi connectivity index (χ3v) is 6.53. The molecular weight excluding hydrogens is 615 g/mol. The maximum Gasteiger partial charge on any atom is 0.490 e. The molecule has 1 aliphatic rings. The van der Waals surface area contributed by atoms with Crippen molar-refractivity contribution in [2.24, 2.45) is 10.9 Å². The summed E-state index contributed by atoms with van der Waals surface area (Å²) < 4.78 is 84.6. The van der Waals surface area contributed by atoms with Crippen molar-refractivity contribution in [2.75, 3.05) is 25.0 Å². The van der Waals surface area contributed by atoms with E-state index in [0.29, 0.717) is 30.3 Å². The minimum Gasteiger partial charge on any atom is -0.475 e. The number of nitrogens with one attached hydrogen (secondary N) is 2. The number of nitrogens with zero attached hydrogens (tertiary/aromatic N) is 5. The zero-order valence-electron chi connectivity index (χ0n) is 23.6. The van der Waals surface area contributed by atoms with Crippen LogP contribution in [0.25, 0.3) is 10.9 Å². The number of guanidine groups is 1. The molecule has 2 amide bonds. The van der Waals surface area contributed by atoms with Gasteiger partial charge in [-0.1, -0.05) is 19.9 Å². The Morgan fingerprint density at radius 2 is 1.78 bits per heavy atom. The second-order valence-corrected chi connectivity index (χ2v) is 9.90. The molecule has 45 heavy (non-hydrogen) atoms. The van der Waals surface area contributed by atoms with E-state index in [2.05, 4.69) is 15.6 Å². The first-order chi connectivity index (χ1) is 21.0. The number of aliphatic carboxylic acids is 1. The maximum absolute atomic E-state index is 13.6. The van der Waals surface area contributed by atoms with Crippen LogP contribution in [0, 0.1) is 23.2 Å². The first kappa shape index (κ1) is 34.4. The number of hydrogen-bond acceptors (Lipinski definition) is 5. The van der Waals surface area contributed by atoms with E-state index < -0.39 is 35.7 Å². The molecule has 17 heteroatoms. The Hall–Kier alpha value is -5.14. The highest BCUT2D eigenvalue weighted by molar-refractivity contribution is 5.94. The number of aliphatic imine (C=N–C) groups is 1. The number of anilines is 1. The number of carbonyl (C=O) groups excluding carboxylic acids is 1. The van der Waals surface area contributed by atoms with Crippen molar-refractivity contribution >= 4 is 40.2 Å². The summed E-state index contributed by atoms with van der Waals surface area (Å²) in [5.74, 6) is -3.83. The van der Waals surface area contributed by atoms with E-state index in [1.807, 2.05) is 49.2 Å². The van der Waals surface area contributed by atoms with E-state index in [9.17, 15) is 40.8 Å². The predicted molar refractivity (Wildman–Crippen MR) is 149 cm³/mol. The number of fused-ring (bicyclic) bond motifs is 1. The number of carbonyl (C=O) groups is 2. The van der Waals surface area contributed by atoms with Crippen LogP contribution in [-0.4, -0.2) is 69.7 Å². The van der Waals surface area contributed by atoms with Crippen LogP contribution >= 0.6 is 0 Å². The molecule has 1 fully saturated rings. The Bertz CT molecular complexity index is 1600. The van der Waals surface area contributed by atoms with Gasteiger partial charge in [0.15, 0.2) is 6.19 Å². The molecule has 4 rings (SSSR count). The SMILES string of the molecule is CC(C)C1CN(C(=O)Nc2ccc(F)c(C(F)(F)F)c2)CCN1C(=Nc1cccc2ncccc12)NC#N.O=C(O)C(F)(F)F. The quantitative estimate of drug-likeness (QED) is 0.106. The largest absolute Gasteiger partial charge is 0.490 e. The Morgan fingerprint density at radius 3 is 2.38 bits per heavy atom. The number of alkyl halides is 6. The molecule has 0 aliphatic carbocycles. The molecule has 1 saturated heterocycles. The number of piperazine rings is 1. The fourth-order valence-electron chi connectivity index (χ4n) is 4.36. The van der Waals surface area contributed by atoms with E-state index in [4.69, 9.17) is 14.9 Å². The van der Waals surface area contributed by atoms with Gasteiger partial charge >= 0.3 is 24.4 Å². The molecule has 0 radical (unpaired) electrons. The third kappa shape index (κ3) is 8.94. The number of aromatic nitrogens is 1. The van der Waals surface area contributed by atoms with Gasteiger partial charge in [0.25, 0.3) is 0 Å². The van der Waals surface area contributed by atoms with Crippen LogP contribution in [0.3, 0.4) is 0 Å². The molecule has 1 unspecified atom stereocenters. The molecule has 1 atom stereocenters. The van der Waals surface area contributed by atoms with E-state index >= 15 is 0 Å². The van der Waals surface area contributed by atoms with Crippen molar-refractivity contribution in [1.82, 2.24) is 20.1 Å². The summed E-state index contributed by atoms with van der Waals surface area (Å²) in [4.78, 5) is 34.3. The highest BCUT2D eigenvalue weighted by Crippen LogP contribution is 2.33. The summed E-state index contributed by atoms with van der Waals surface area (Å²) in [6.45, 7) is 4.66. The van der Waals surface area contributed by atoms with E-state index in [1.165, 1.54) is 4.90 Å². The second-order valence-electron chi connectivity index (χ2n) is 9.90. The number of rotatable bonds is 3. The maximum atomic E-state index is 13.6. The van der Waals surface area contributed by atoms with Crippen molar-refractivity contribution in [2.45, 2.75) is 32.2 Å². The van der Waals surface area contributed by atoms with Crippen molar-refractivity contribution in [1.29, 1.82) is 5.26 Å². The van der Waals surface area contributed by atoms with Crippen LogP contribution < -0.4 is 10.6 Å². The monoisotopic (exact) mass is 641 g/mol. The molecule has 1 aromatic heterocycles. The minimum absolute atomic E-state index is 0.0214. The Balaban J connectivity index is 0.000000707. The van der Waals surface area contributed by atoms with Crippen molar-refractivity contribution < 1.29 is 45.4 Å². The third-order valence-electron chi connectivity index (χ3n) is 6.53. The van der Waals surface area contributed by atoms with Gasteiger partial charge in [-0.15, -0.1) is 0 Å². The lowest BCUT2D eigenvalue weighted by Gasteiger charge is -2.44. The van der Waals surface area contributed by atoms with Crippen LogP contribution in [-0.2, 0) is 11.0 Å². The fraction of sp³-hybridized carbons (Fsp3) is 0.321. The van der Waals surface area contributed by atoms with Gasteiger partial charge < -0.3 is 20.2 Å². The fourth-order valence-corrected chi connectivity index (χ4v) is 4.36. The average molecular weight is 642 g/mol. The van der Waals surface area contributed by atoms with Gasteiger partial charge in [-0.2, -0.15) is 31.6 Å². The normalized spacial score (nSPS) is 15.7. The van der Waals surface area contributed by atoms with Gasteiger partial charge in [0, 0.05) is 36.9 Å². The summed E-state index contributed by atoms with van der Waals surface area (Å²) in [5.41, 5.74) is -0.244. The number of urea groups is 1. The van der Waals surface area contributed by atoms with Crippen molar-refractivity contribution in [3.8, 4) is 6.19 Å². The number of hydrogen-bond donors (Lipinski definition) is 3. The second kappa shape index (κ2) is 14.1. The first-order valence-corrected chi connectivity index (χ1v) is 13.1. The molecule has 2 heterocycles. The molecule has 3 N–H and O–H groups in total. The molecule has 1 aliphatic heterocycles. The lowest BCUT2D eigenvalue weighted by Crippen LogP contribution is -2.60. The summed E-state index contributed by atoms with van der Waals surface area (Å²) in [5, 5.41) is 22.5. The number of pyridine rings is 1. The highest BCUT2D eigenvalue weighted by Gasteiger charge is 2.38. The topological polar surface area (TPSA) is 134 Å². The molecule has 0 saturated carbocycles. The van der Waals surface area contributed by atoms with Gasteiger partial charge in [0.05, 0.1) is 22.8 Å². The summed E-state index contributed by atoms with van der Waals surface area (Å²) >= 11 is 0. The Morgan fingerprint density at radius 1 is 1.09 bits per heavy atom. The first-order valence-electron chi connectivity index (χ1n) is 13.1. The predicted octanol–water partition coefficient (Wildman–Crippen LogP) is 5.96. The zero-order valence-corrected chi connectivity index (χ0v) is 23.6. The summed E-state index contributed by atoms with van der Waals surface area (Å²) in [6, 6.07) is 10.6. The van der Waals surface area contributed by atoms with Gasteiger partial charge in [0.1, 0.15) is 5.82 Å². The average Bonchev–Trinajstić information content (AvgIpc) is 2.97. The lowest BCUT2D eigenvalue weighted by atomic mass is 10.00. The van der Waals surface area contributed by atoms with E-state index in [-0.39, 0.29) is 30.7 Å². The smallest absolute Gasteiger partial charge is 0.475 e. The van der Waals surface area contributed by atoms with Crippen LogP contribution in [0.15, 0.2) is 59.7 Å². The molecule has 2 aromatic carbocycles. The van der Waals surface area contributed by atoms with E-state index in [0.717, 1.165) is 17.0 Å². The number of amides is 2. The minimum atomic E-state index is -5.08. The number of benzene rings is 2. The molecule has 0 spiro atoms. The Kier molecular flexibility index (Phi) is 10.8. The molecule has 0 bridgehead atoms. The molecule has 3 aromatic rings. The number of carboxylic acid groups (broad SMARTS) is 1. The zero-order chi connectivity index (χ0) is 33.5. The summed E-state index contributed by atoms with van der Waals surface area (Å²) in [6.07, 6.45) is -6.36. The van der Waals surface area contributed by atoms with Gasteiger partial charge in [-0.05, 0) is 48.4 Å². The number of halogens is 7. The van der Waals surface area contributed by atoms with E-state index in [1.54, 1.807) is 12.3 Å². The highest BCUT2D eigenvalue weighted by atomic mass is 19.4. The summed E-state index contributed by atoms with van der Waals surface area (Å²) in [7, 11) is 0. The van der Waals surface area contributed by atoms with Crippen molar-refractivity contribution in [3.05, 3.63) is 66.1 Å². The molecule has 10 nitrogen and oxygen atoms in total. The number of nitriles is 1. The van der Waals surface area contributed by atoms with Gasteiger partial charge in [-0.3, -0.25) is 10.3 Å². The van der Waals surface area contributed by atoms with Crippen LogP contribution in [0.1, 0.15) is 19.4 Å². The van der Waals surface area contributed by atoms with Gasteiger partial charge in [-0.25, -0.2) is 19.0 Å². The molecule has 240 valence electrons. The lowest BCUT2D eigenvalue weighted by molar-refractivity contribution is -0.192. The van der Waals surface area contributed by atoms with Crippen LogP contribution in [0.4, 0.5) is 46.9 Å². The molecular formula is C28H26F7N7O3. The standard InChI is InChI=1S/C26H25F4N7O.C2HF3O2/c1-16(2)23-14-36(25(38)34-17-8-9-20(27)19(13-17)26(28,29)30)11-12-37(23)24(33-15-31)35-22-7-3-6-21-18(22)5-4-10-32-21;3-2(4,5)1(6)7/h3-10,13,16,23H,11-12,14H2,1-2H3,(H,33,35)(H,34,38);(H,6,7). The van der Waals surface area contributed by atoms with Crippen molar-refractivity contribution in [3.63, 3.8) is 0 Å². The Labute approximate surface area is 251 Å². The van der Waals surface area contributed by atoms with Gasteiger partial charge in [0.2, 0.25) is 5.96 Å². The van der Waals surface area contributed by atoms with Crippen LogP contribution in [0.2, 0.25) is 0 Å². The number of carboxylic acids is 1.